The molecule has 2 rings (SSSR count). The Morgan fingerprint density at radius 1 is 0.905 bits per heavy atom. The lowest BCUT2D eigenvalue weighted by Gasteiger charge is -2.10. The van der Waals surface area contributed by atoms with Crippen LogP contribution in [0.4, 0.5) is 13.2 Å². The molecule has 0 saturated carbocycles. The Morgan fingerprint density at radius 2 is 1.52 bits per heavy atom. The molecule has 0 aliphatic carbocycles. The first kappa shape index (κ1) is 15.4. The van der Waals surface area contributed by atoms with Gasteiger partial charge in [-0.25, -0.2) is 0 Å². The van der Waals surface area contributed by atoms with Gasteiger partial charge in [0.15, 0.2) is 0 Å². The minimum absolute atomic E-state index is 0.360. The van der Waals surface area contributed by atoms with Crippen LogP contribution in [0.1, 0.15) is 11.1 Å². The van der Waals surface area contributed by atoms with Crippen LogP contribution in [0.25, 0.3) is 0 Å². The van der Waals surface area contributed by atoms with Crippen LogP contribution in [0, 0.1) is 0 Å². The van der Waals surface area contributed by atoms with Crippen molar-refractivity contribution in [3.63, 3.8) is 0 Å². The topological polar surface area (TPSA) is 43.4 Å². The highest BCUT2D eigenvalue weighted by molar-refractivity contribution is 7.87. The number of benzene rings is 2. The molecule has 0 unspecified atom stereocenters. The number of hydrogen-bond acceptors (Lipinski definition) is 3. The second kappa shape index (κ2) is 5.77. The van der Waals surface area contributed by atoms with E-state index in [4.69, 9.17) is 0 Å². The van der Waals surface area contributed by atoms with E-state index in [2.05, 4.69) is 4.18 Å². The standard InChI is InChI=1S/C14H11F3O3S/c15-14(16,17)21(18,19)20-13-8-4-7-12(10-13)9-11-5-2-1-3-6-11/h1-8,10H,9H2. The molecule has 0 aliphatic rings. The van der Waals surface area contributed by atoms with Gasteiger partial charge in [0.2, 0.25) is 0 Å². The van der Waals surface area contributed by atoms with E-state index in [-0.39, 0.29) is 5.75 Å². The number of rotatable bonds is 4. The van der Waals surface area contributed by atoms with Crippen molar-refractivity contribution in [1.29, 1.82) is 0 Å². The third-order valence-electron chi connectivity index (χ3n) is 2.64. The summed E-state index contributed by atoms with van der Waals surface area (Å²) in [7, 11) is -5.64. The van der Waals surface area contributed by atoms with Gasteiger partial charge < -0.3 is 4.18 Å². The zero-order valence-corrected chi connectivity index (χ0v) is 11.5. The Bertz CT molecular complexity index is 710. The molecule has 0 aliphatic heterocycles. The lowest BCUT2D eigenvalue weighted by molar-refractivity contribution is -0.0500. The van der Waals surface area contributed by atoms with Crippen molar-refractivity contribution in [2.45, 2.75) is 11.9 Å². The van der Waals surface area contributed by atoms with Gasteiger partial charge in [0, 0.05) is 0 Å². The maximum Gasteiger partial charge on any atom is 0.534 e. The van der Waals surface area contributed by atoms with Gasteiger partial charge in [-0.05, 0) is 29.7 Å². The molecule has 0 spiro atoms. The van der Waals surface area contributed by atoms with Crippen molar-refractivity contribution in [1.82, 2.24) is 0 Å². The van der Waals surface area contributed by atoms with E-state index in [1.165, 1.54) is 12.1 Å². The number of alkyl halides is 3. The molecule has 0 atom stereocenters. The van der Waals surface area contributed by atoms with Gasteiger partial charge in [-0.15, -0.1) is 0 Å². The third-order valence-corrected chi connectivity index (χ3v) is 3.62. The van der Waals surface area contributed by atoms with Crippen molar-refractivity contribution < 1.29 is 25.8 Å². The Labute approximate surface area is 120 Å². The highest BCUT2D eigenvalue weighted by Gasteiger charge is 2.48. The fraction of sp³-hybridized carbons (Fsp3) is 0.143. The van der Waals surface area contributed by atoms with E-state index in [1.807, 2.05) is 30.3 Å². The fourth-order valence-electron chi connectivity index (χ4n) is 1.71. The van der Waals surface area contributed by atoms with Crippen molar-refractivity contribution in [3.8, 4) is 5.75 Å². The van der Waals surface area contributed by atoms with Gasteiger partial charge >= 0.3 is 15.6 Å². The molecule has 0 N–H and O–H groups in total. The molecular weight excluding hydrogens is 305 g/mol. The van der Waals surface area contributed by atoms with Gasteiger partial charge in [0.1, 0.15) is 5.75 Å². The van der Waals surface area contributed by atoms with Crippen molar-refractivity contribution >= 4 is 10.1 Å². The van der Waals surface area contributed by atoms with Gasteiger partial charge in [-0.3, -0.25) is 0 Å². The summed E-state index contributed by atoms with van der Waals surface area (Å²) in [6.45, 7) is 0. The van der Waals surface area contributed by atoms with Crippen LogP contribution in [-0.4, -0.2) is 13.9 Å². The molecule has 0 bridgehead atoms. The first-order valence-corrected chi connectivity index (χ1v) is 7.32. The van der Waals surface area contributed by atoms with Crippen LogP contribution in [0.3, 0.4) is 0 Å². The van der Waals surface area contributed by atoms with E-state index in [1.54, 1.807) is 6.07 Å². The second-order valence-corrected chi connectivity index (χ2v) is 5.83. The predicted octanol–water partition coefficient (Wildman–Crippen LogP) is 3.51. The molecule has 112 valence electrons. The van der Waals surface area contributed by atoms with E-state index < -0.39 is 15.6 Å². The summed E-state index contributed by atoms with van der Waals surface area (Å²) in [6, 6.07) is 14.8. The first-order chi connectivity index (χ1) is 9.78. The Hall–Kier alpha value is -2.02. The fourth-order valence-corrected chi connectivity index (χ4v) is 2.16. The quantitative estimate of drug-likeness (QED) is 0.640. The summed E-state index contributed by atoms with van der Waals surface area (Å²) in [5.74, 6) is -0.360. The molecule has 0 saturated heterocycles. The van der Waals surface area contributed by atoms with E-state index in [9.17, 15) is 21.6 Å². The number of halogens is 3. The lowest BCUT2D eigenvalue weighted by Crippen LogP contribution is -2.28. The lowest BCUT2D eigenvalue weighted by atomic mass is 10.1. The number of hydrogen-bond donors (Lipinski definition) is 0. The van der Waals surface area contributed by atoms with E-state index >= 15 is 0 Å². The van der Waals surface area contributed by atoms with E-state index in [0.29, 0.717) is 12.0 Å². The molecule has 7 heteroatoms. The summed E-state index contributed by atoms with van der Waals surface area (Å²) >= 11 is 0. The maximum absolute atomic E-state index is 12.3. The monoisotopic (exact) mass is 316 g/mol. The normalized spacial score (nSPS) is 12.1. The average molecular weight is 316 g/mol. The minimum Gasteiger partial charge on any atom is -0.376 e. The SMILES string of the molecule is O=S(=O)(Oc1cccc(Cc2ccccc2)c1)C(F)(F)F. The summed E-state index contributed by atoms with van der Waals surface area (Å²) in [4.78, 5) is 0. The molecule has 0 amide bonds. The van der Waals surface area contributed by atoms with Crippen LogP contribution in [0.5, 0.6) is 5.75 Å². The molecule has 2 aromatic carbocycles. The summed E-state index contributed by atoms with van der Waals surface area (Å²) in [5, 5.41) is 0. The molecule has 21 heavy (non-hydrogen) atoms. The molecule has 0 fully saturated rings. The zero-order valence-electron chi connectivity index (χ0n) is 10.7. The second-order valence-electron chi connectivity index (χ2n) is 4.29. The summed E-state index contributed by atoms with van der Waals surface area (Å²) in [5.41, 5.74) is -3.84. The van der Waals surface area contributed by atoms with Crippen molar-refractivity contribution in [2.24, 2.45) is 0 Å². The highest BCUT2D eigenvalue weighted by atomic mass is 32.2. The molecule has 3 nitrogen and oxygen atoms in total. The molecular formula is C14H11F3O3S. The van der Waals surface area contributed by atoms with E-state index in [0.717, 1.165) is 11.6 Å². The predicted molar refractivity (Wildman–Crippen MR) is 71.3 cm³/mol. The van der Waals surface area contributed by atoms with Crippen LogP contribution >= 0.6 is 0 Å². The average Bonchev–Trinajstić information content (AvgIpc) is 2.38. The molecule has 0 aromatic heterocycles. The highest BCUT2D eigenvalue weighted by Crippen LogP contribution is 2.27. The molecule has 2 aromatic rings. The van der Waals surface area contributed by atoms with Gasteiger partial charge in [-0.1, -0.05) is 42.5 Å². The van der Waals surface area contributed by atoms with Crippen LogP contribution in [-0.2, 0) is 16.5 Å². The zero-order chi connectivity index (χ0) is 15.5. The Morgan fingerprint density at radius 3 is 2.14 bits per heavy atom. The summed E-state index contributed by atoms with van der Waals surface area (Å²) in [6.07, 6.45) is 0.462. The van der Waals surface area contributed by atoms with Crippen LogP contribution in [0.15, 0.2) is 54.6 Å². The largest absolute Gasteiger partial charge is 0.534 e. The van der Waals surface area contributed by atoms with Gasteiger partial charge in [-0.2, -0.15) is 21.6 Å². The van der Waals surface area contributed by atoms with Crippen molar-refractivity contribution in [3.05, 3.63) is 65.7 Å². The minimum atomic E-state index is -5.64. The van der Waals surface area contributed by atoms with Crippen LogP contribution in [0.2, 0.25) is 0 Å². The first-order valence-electron chi connectivity index (χ1n) is 5.91. The van der Waals surface area contributed by atoms with Crippen LogP contribution < -0.4 is 4.18 Å². The van der Waals surface area contributed by atoms with Gasteiger partial charge in [0.25, 0.3) is 0 Å². The summed E-state index contributed by atoms with van der Waals surface area (Å²) < 4.78 is 62.7. The Kier molecular flexibility index (Phi) is 4.22. The Balaban J connectivity index is 2.19. The van der Waals surface area contributed by atoms with Gasteiger partial charge in [0.05, 0.1) is 0 Å². The molecule has 0 heterocycles. The third kappa shape index (κ3) is 3.98. The molecule has 0 radical (unpaired) electrons. The maximum atomic E-state index is 12.3. The van der Waals surface area contributed by atoms with Crippen molar-refractivity contribution in [2.75, 3.05) is 0 Å². The smallest absolute Gasteiger partial charge is 0.376 e.